The summed E-state index contributed by atoms with van der Waals surface area (Å²) in [4.78, 5) is 16.8. The molecule has 0 aliphatic rings. The molecule has 1 rings (SSSR count). The minimum atomic E-state index is -0.263. The lowest BCUT2D eigenvalue weighted by molar-refractivity contribution is -0.431. The van der Waals surface area contributed by atoms with Gasteiger partial charge in [-0.05, 0) is 6.92 Å². The van der Waals surface area contributed by atoms with Crippen molar-refractivity contribution in [3.8, 4) is 0 Å². The second-order valence-corrected chi connectivity index (χ2v) is 3.45. The minimum Gasteiger partial charge on any atom is -0.456 e. The molecule has 1 aromatic heterocycles. The average molecular weight is 199 g/mol. The highest BCUT2D eigenvalue weighted by Gasteiger charge is 2.22. The fourth-order valence-corrected chi connectivity index (χ4v) is 1.23. The van der Waals surface area contributed by atoms with Crippen molar-refractivity contribution in [2.24, 2.45) is 0 Å². The summed E-state index contributed by atoms with van der Waals surface area (Å²) in [6, 6.07) is 0.0715. The van der Waals surface area contributed by atoms with E-state index in [4.69, 9.17) is 4.74 Å². The smallest absolute Gasteiger partial charge is 0.303 e. The van der Waals surface area contributed by atoms with E-state index in [9.17, 15) is 4.79 Å². The van der Waals surface area contributed by atoms with E-state index >= 15 is 0 Å². The summed E-state index contributed by atoms with van der Waals surface area (Å²) in [6.07, 6.45) is 4.07. The summed E-state index contributed by atoms with van der Waals surface area (Å²) in [5.41, 5.74) is 4.88. The van der Waals surface area contributed by atoms with E-state index < -0.39 is 0 Å². The Labute approximate surface area is 82.7 Å². The van der Waals surface area contributed by atoms with Crippen LogP contribution >= 0.6 is 0 Å². The van der Waals surface area contributed by atoms with E-state index in [0.29, 0.717) is 6.42 Å². The number of esters is 1. The molecule has 0 radical (unpaired) electrons. The molecular weight excluding hydrogens is 182 g/mol. The topological polar surface area (TPSA) is 83.9 Å². The second-order valence-electron chi connectivity index (χ2n) is 3.45. The van der Waals surface area contributed by atoms with E-state index in [2.05, 4.69) is 15.7 Å². The number of hydrogen-bond acceptors (Lipinski definition) is 2. The molecule has 0 aliphatic heterocycles. The van der Waals surface area contributed by atoms with Crippen molar-refractivity contribution in [1.82, 2.24) is 4.98 Å². The predicted octanol–water partition coefficient (Wildman–Crippen LogP) is -1.07. The third-order valence-corrected chi connectivity index (χ3v) is 1.97. The molecule has 0 spiro atoms. The number of aromatic amines is 2. The van der Waals surface area contributed by atoms with Gasteiger partial charge in [-0.15, -0.1) is 0 Å². The van der Waals surface area contributed by atoms with Crippen LogP contribution in [0.25, 0.3) is 0 Å². The van der Waals surface area contributed by atoms with Gasteiger partial charge in [0.25, 0.3) is 0 Å². The SMILES string of the molecule is CC(=O)OC(Cc1c[nH+]c[nH]1)C(C)[NH3+]. The van der Waals surface area contributed by atoms with Gasteiger partial charge in [0.15, 0.2) is 6.10 Å². The Hall–Kier alpha value is -1.36. The molecule has 5 nitrogen and oxygen atoms in total. The molecule has 14 heavy (non-hydrogen) atoms. The van der Waals surface area contributed by atoms with Crippen molar-refractivity contribution in [3.63, 3.8) is 0 Å². The molecule has 0 fully saturated rings. The quantitative estimate of drug-likeness (QED) is 0.605. The number of carbonyl (C=O) groups excluding carboxylic acids is 1. The fourth-order valence-electron chi connectivity index (χ4n) is 1.23. The number of nitrogens with one attached hydrogen (secondary N) is 2. The maximum atomic E-state index is 10.8. The van der Waals surface area contributed by atoms with Gasteiger partial charge in [0.2, 0.25) is 6.33 Å². The molecule has 0 aromatic carbocycles. The van der Waals surface area contributed by atoms with Crippen molar-refractivity contribution in [2.75, 3.05) is 0 Å². The Kier molecular flexibility index (Phi) is 3.64. The van der Waals surface area contributed by atoms with E-state index in [0.717, 1.165) is 5.69 Å². The summed E-state index contributed by atoms with van der Waals surface area (Å²) in [7, 11) is 0. The standard InChI is InChI=1S/C9H15N3O2/c1-6(10)9(14-7(2)13)3-8-4-11-5-12-8/h4-6,9H,3,10H2,1-2H3,(H,11,12)/p+2. The highest BCUT2D eigenvalue weighted by atomic mass is 16.5. The molecule has 0 bridgehead atoms. The highest BCUT2D eigenvalue weighted by molar-refractivity contribution is 5.66. The second kappa shape index (κ2) is 4.76. The first-order chi connectivity index (χ1) is 6.59. The van der Waals surface area contributed by atoms with Crippen LogP contribution in [0.15, 0.2) is 12.5 Å². The first-order valence-electron chi connectivity index (χ1n) is 4.63. The molecule has 1 aromatic rings. The van der Waals surface area contributed by atoms with E-state index in [1.54, 1.807) is 6.33 Å². The van der Waals surface area contributed by atoms with Crippen LogP contribution in [0.5, 0.6) is 0 Å². The number of imidazole rings is 1. The van der Waals surface area contributed by atoms with Crippen LogP contribution in [-0.2, 0) is 16.0 Å². The molecular formula is C9H17N3O2+2. The van der Waals surface area contributed by atoms with Crippen molar-refractivity contribution < 1.29 is 20.2 Å². The zero-order valence-electron chi connectivity index (χ0n) is 8.54. The molecule has 5 heteroatoms. The van der Waals surface area contributed by atoms with Crippen LogP contribution in [0.4, 0.5) is 0 Å². The van der Waals surface area contributed by atoms with E-state index in [1.807, 2.05) is 13.1 Å². The Morgan fingerprint density at radius 1 is 1.79 bits per heavy atom. The Morgan fingerprint density at radius 3 is 2.93 bits per heavy atom. The number of quaternary nitrogens is 1. The normalized spacial score (nSPS) is 14.8. The van der Waals surface area contributed by atoms with Crippen molar-refractivity contribution in [1.29, 1.82) is 0 Å². The molecule has 0 saturated heterocycles. The van der Waals surface area contributed by atoms with Crippen LogP contribution in [0.2, 0.25) is 0 Å². The van der Waals surface area contributed by atoms with Gasteiger partial charge in [0.05, 0.1) is 6.42 Å². The van der Waals surface area contributed by atoms with Gasteiger partial charge >= 0.3 is 5.97 Å². The van der Waals surface area contributed by atoms with Crippen molar-refractivity contribution in [2.45, 2.75) is 32.4 Å². The number of carbonyl (C=O) groups is 1. The van der Waals surface area contributed by atoms with Crippen molar-refractivity contribution in [3.05, 3.63) is 18.2 Å². The molecule has 2 atom stereocenters. The Bertz CT molecular complexity index is 282. The van der Waals surface area contributed by atoms with Gasteiger partial charge in [-0.25, -0.2) is 4.98 Å². The maximum Gasteiger partial charge on any atom is 0.303 e. The van der Waals surface area contributed by atoms with Gasteiger partial charge in [-0.1, -0.05) is 0 Å². The van der Waals surface area contributed by atoms with Crippen LogP contribution < -0.4 is 10.7 Å². The summed E-state index contributed by atoms with van der Waals surface area (Å²) in [5.74, 6) is -0.263. The Balaban J connectivity index is 2.56. The number of rotatable bonds is 4. The molecule has 1 heterocycles. The van der Waals surface area contributed by atoms with Gasteiger partial charge < -0.3 is 10.5 Å². The average Bonchev–Trinajstić information content (AvgIpc) is 2.54. The van der Waals surface area contributed by atoms with Crippen LogP contribution in [-0.4, -0.2) is 23.1 Å². The minimum absolute atomic E-state index is 0.0715. The Morgan fingerprint density at radius 2 is 2.50 bits per heavy atom. The van der Waals surface area contributed by atoms with E-state index in [-0.39, 0.29) is 18.1 Å². The molecule has 0 amide bonds. The monoisotopic (exact) mass is 199 g/mol. The van der Waals surface area contributed by atoms with Gasteiger partial charge in [0, 0.05) is 6.92 Å². The van der Waals surface area contributed by atoms with Gasteiger partial charge in [-0.3, -0.25) is 9.78 Å². The lowest BCUT2D eigenvalue weighted by Crippen LogP contribution is -2.65. The summed E-state index contributed by atoms with van der Waals surface area (Å²) in [5, 5.41) is 0. The zero-order chi connectivity index (χ0) is 10.6. The lowest BCUT2D eigenvalue weighted by atomic mass is 10.1. The number of hydrogen-bond donors (Lipinski definition) is 2. The molecule has 5 N–H and O–H groups in total. The summed E-state index contributed by atoms with van der Waals surface area (Å²) >= 11 is 0. The molecule has 2 unspecified atom stereocenters. The summed E-state index contributed by atoms with van der Waals surface area (Å²) < 4.78 is 5.15. The maximum absolute atomic E-state index is 10.8. The first-order valence-corrected chi connectivity index (χ1v) is 4.63. The summed E-state index contributed by atoms with van der Waals surface area (Å²) in [6.45, 7) is 3.34. The van der Waals surface area contributed by atoms with Crippen molar-refractivity contribution >= 4 is 5.97 Å². The fraction of sp³-hybridized carbons (Fsp3) is 0.556. The van der Waals surface area contributed by atoms with E-state index in [1.165, 1.54) is 6.92 Å². The van der Waals surface area contributed by atoms with Crippen LogP contribution in [0.3, 0.4) is 0 Å². The molecule has 0 aliphatic carbocycles. The number of H-pyrrole nitrogens is 2. The molecule has 78 valence electrons. The number of aromatic nitrogens is 2. The van der Waals surface area contributed by atoms with Gasteiger partial charge in [0.1, 0.15) is 17.9 Å². The van der Waals surface area contributed by atoms with Gasteiger partial charge in [-0.2, -0.15) is 0 Å². The zero-order valence-corrected chi connectivity index (χ0v) is 8.54. The third kappa shape index (κ3) is 3.18. The highest BCUT2D eigenvalue weighted by Crippen LogP contribution is 2.04. The third-order valence-electron chi connectivity index (χ3n) is 1.97. The molecule has 0 saturated carbocycles. The largest absolute Gasteiger partial charge is 0.456 e. The first kappa shape index (κ1) is 10.7. The predicted molar refractivity (Wildman–Crippen MR) is 49.0 cm³/mol. The lowest BCUT2D eigenvalue weighted by Gasteiger charge is -2.16. The number of ether oxygens (including phenoxy) is 1. The van der Waals surface area contributed by atoms with Crippen LogP contribution in [0, 0.1) is 0 Å². The van der Waals surface area contributed by atoms with Crippen LogP contribution in [0.1, 0.15) is 19.5 Å².